The number of allylic oxidation sites excluding steroid dienone is 1. The van der Waals surface area contributed by atoms with Crippen molar-refractivity contribution in [1.29, 1.82) is 0 Å². The minimum atomic E-state index is -0.276. The number of rotatable bonds is 2. The zero-order valence-electron chi connectivity index (χ0n) is 11.9. The first-order valence-electron chi connectivity index (χ1n) is 6.43. The minimum absolute atomic E-state index is 0.0474. The van der Waals surface area contributed by atoms with E-state index in [1.165, 1.54) is 18.2 Å². The molecule has 19 heavy (non-hydrogen) atoms. The van der Waals surface area contributed by atoms with Gasteiger partial charge in [0.1, 0.15) is 0 Å². The van der Waals surface area contributed by atoms with E-state index in [0.717, 1.165) is 17.8 Å². The summed E-state index contributed by atoms with van der Waals surface area (Å²) in [6.45, 7) is 5.95. The number of hydrogen-bond donors (Lipinski definition) is 0. The lowest BCUT2D eigenvalue weighted by atomic mass is 9.82. The molecule has 1 atom stereocenters. The van der Waals surface area contributed by atoms with E-state index in [0.29, 0.717) is 5.57 Å². The Hall–Kier alpha value is -1.90. The van der Waals surface area contributed by atoms with Gasteiger partial charge in [-0.25, -0.2) is 4.79 Å². The summed E-state index contributed by atoms with van der Waals surface area (Å²) in [6, 6.07) is 8.17. The molecule has 100 valence electrons. The summed E-state index contributed by atoms with van der Waals surface area (Å²) in [4.78, 5) is 16.5. The lowest BCUT2D eigenvalue weighted by Crippen LogP contribution is -2.21. The molecule has 1 aliphatic rings. The Balaban J connectivity index is 2.53. The summed E-state index contributed by atoms with van der Waals surface area (Å²) in [7, 11) is 1.42. The number of aliphatic imine (C=N–C) groups is 1. The van der Waals surface area contributed by atoms with Crippen molar-refractivity contribution in [2.45, 2.75) is 33.1 Å². The smallest absolute Gasteiger partial charge is 0.336 e. The van der Waals surface area contributed by atoms with Crippen LogP contribution >= 0.6 is 0 Å². The van der Waals surface area contributed by atoms with E-state index in [2.05, 4.69) is 24.0 Å². The van der Waals surface area contributed by atoms with Gasteiger partial charge in [0.05, 0.1) is 12.7 Å². The van der Waals surface area contributed by atoms with Gasteiger partial charge >= 0.3 is 5.97 Å². The van der Waals surface area contributed by atoms with Gasteiger partial charge in [-0.15, -0.1) is 0 Å². The number of carbonyl (C=O) groups is 1. The average Bonchev–Trinajstić information content (AvgIpc) is 2.37. The molecule has 0 saturated carbocycles. The Morgan fingerprint density at radius 2 is 1.95 bits per heavy atom. The van der Waals surface area contributed by atoms with Gasteiger partial charge in [0, 0.05) is 17.3 Å². The number of carbonyl (C=O) groups excluding carboxylic acids is 1. The highest BCUT2D eigenvalue weighted by Gasteiger charge is 2.30. The van der Waals surface area contributed by atoms with Crippen molar-refractivity contribution in [2.24, 2.45) is 4.99 Å². The Labute approximate surface area is 114 Å². The van der Waals surface area contributed by atoms with Crippen LogP contribution in [0.3, 0.4) is 0 Å². The Morgan fingerprint density at radius 3 is 2.58 bits per heavy atom. The third kappa shape index (κ3) is 2.60. The summed E-state index contributed by atoms with van der Waals surface area (Å²) in [5.74, 6) is -0.229. The maximum absolute atomic E-state index is 12.0. The number of aryl methyl sites for hydroxylation is 1. The summed E-state index contributed by atoms with van der Waals surface area (Å²) in [5, 5.41) is 0. The van der Waals surface area contributed by atoms with E-state index in [4.69, 9.17) is 4.74 Å². The van der Waals surface area contributed by atoms with Crippen LogP contribution < -0.4 is 0 Å². The second-order valence-electron chi connectivity index (χ2n) is 4.95. The van der Waals surface area contributed by atoms with Crippen molar-refractivity contribution in [2.75, 3.05) is 7.11 Å². The zero-order chi connectivity index (χ0) is 14.0. The summed E-state index contributed by atoms with van der Waals surface area (Å²) in [5.41, 5.74) is 4.87. The molecular formula is C16H19NO2. The fourth-order valence-corrected chi connectivity index (χ4v) is 2.68. The molecule has 0 radical (unpaired) electrons. The zero-order valence-corrected chi connectivity index (χ0v) is 11.9. The molecule has 0 amide bonds. The molecule has 0 bridgehead atoms. The summed E-state index contributed by atoms with van der Waals surface area (Å²) in [6.07, 6.45) is 0.770. The largest absolute Gasteiger partial charge is 0.466 e. The van der Waals surface area contributed by atoms with Crippen LogP contribution in [0.25, 0.3) is 0 Å². The van der Waals surface area contributed by atoms with Crippen molar-refractivity contribution in [3.63, 3.8) is 0 Å². The lowest BCUT2D eigenvalue weighted by molar-refractivity contribution is -0.136. The quantitative estimate of drug-likeness (QED) is 0.762. The summed E-state index contributed by atoms with van der Waals surface area (Å²) < 4.78 is 4.92. The second kappa shape index (κ2) is 5.39. The average molecular weight is 257 g/mol. The van der Waals surface area contributed by atoms with Gasteiger partial charge in [0.25, 0.3) is 0 Å². The minimum Gasteiger partial charge on any atom is -0.466 e. The topological polar surface area (TPSA) is 38.7 Å². The fourth-order valence-electron chi connectivity index (χ4n) is 2.68. The second-order valence-corrected chi connectivity index (χ2v) is 4.95. The maximum Gasteiger partial charge on any atom is 0.336 e. The molecule has 0 aromatic heterocycles. The molecule has 2 rings (SSSR count). The standard InChI is InChI=1S/C16H19NO2/c1-10-7-5-6-8-13(10)14-9-11(2)17-12(3)15(14)16(18)19-4/h5-8,14H,9H2,1-4H3. The molecule has 1 aromatic carbocycles. The first kappa shape index (κ1) is 13.5. The number of esters is 1. The predicted octanol–water partition coefficient (Wildman–Crippen LogP) is 3.39. The van der Waals surface area contributed by atoms with E-state index < -0.39 is 0 Å². The number of methoxy groups -OCH3 is 1. The van der Waals surface area contributed by atoms with Crippen LogP contribution in [0.5, 0.6) is 0 Å². The lowest BCUT2D eigenvalue weighted by Gasteiger charge is -2.25. The van der Waals surface area contributed by atoms with Crippen LogP contribution in [0, 0.1) is 6.92 Å². The maximum atomic E-state index is 12.0. The molecule has 0 N–H and O–H groups in total. The normalized spacial score (nSPS) is 19.2. The molecule has 1 aliphatic heterocycles. The molecule has 0 fully saturated rings. The van der Waals surface area contributed by atoms with Crippen molar-refractivity contribution in [1.82, 2.24) is 0 Å². The molecule has 0 spiro atoms. The van der Waals surface area contributed by atoms with E-state index in [-0.39, 0.29) is 11.9 Å². The van der Waals surface area contributed by atoms with Crippen LogP contribution in [0.15, 0.2) is 40.5 Å². The van der Waals surface area contributed by atoms with Crippen molar-refractivity contribution in [3.8, 4) is 0 Å². The van der Waals surface area contributed by atoms with Gasteiger partial charge in [-0.2, -0.15) is 0 Å². The van der Waals surface area contributed by atoms with Crippen LogP contribution in [-0.2, 0) is 9.53 Å². The highest BCUT2D eigenvalue weighted by Crippen LogP contribution is 2.36. The third-order valence-electron chi connectivity index (χ3n) is 3.57. The molecule has 3 nitrogen and oxygen atoms in total. The number of benzene rings is 1. The molecule has 3 heteroatoms. The van der Waals surface area contributed by atoms with Gasteiger partial charge in [0.15, 0.2) is 0 Å². The van der Waals surface area contributed by atoms with Gasteiger partial charge in [-0.1, -0.05) is 24.3 Å². The molecule has 1 aromatic rings. The molecule has 1 unspecified atom stereocenters. The summed E-state index contributed by atoms with van der Waals surface area (Å²) >= 11 is 0. The van der Waals surface area contributed by atoms with E-state index in [1.54, 1.807) is 0 Å². The van der Waals surface area contributed by atoms with Crippen LogP contribution in [0.2, 0.25) is 0 Å². The first-order chi connectivity index (χ1) is 9.04. The van der Waals surface area contributed by atoms with E-state index in [9.17, 15) is 4.79 Å². The highest BCUT2D eigenvalue weighted by molar-refractivity contribution is 5.96. The van der Waals surface area contributed by atoms with Crippen LogP contribution in [-0.4, -0.2) is 18.8 Å². The Bertz CT molecular complexity index is 570. The van der Waals surface area contributed by atoms with Crippen LogP contribution in [0.4, 0.5) is 0 Å². The SMILES string of the molecule is COC(=O)C1=C(C)N=C(C)CC1c1ccccc1C. The molecule has 0 aliphatic carbocycles. The Morgan fingerprint density at radius 1 is 1.26 bits per heavy atom. The highest BCUT2D eigenvalue weighted by atomic mass is 16.5. The number of nitrogens with zero attached hydrogens (tertiary/aromatic N) is 1. The fraction of sp³-hybridized carbons (Fsp3) is 0.375. The van der Waals surface area contributed by atoms with Gasteiger partial charge in [-0.05, 0) is 38.3 Å². The van der Waals surface area contributed by atoms with Gasteiger partial charge in [-0.3, -0.25) is 4.99 Å². The number of hydrogen-bond acceptors (Lipinski definition) is 3. The van der Waals surface area contributed by atoms with Crippen LogP contribution in [0.1, 0.15) is 37.3 Å². The van der Waals surface area contributed by atoms with Crippen molar-refractivity contribution >= 4 is 11.7 Å². The molecule has 0 saturated heterocycles. The molecule has 1 heterocycles. The van der Waals surface area contributed by atoms with Crippen molar-refractivity contribution in [3.05, 3.63) is 46.7 Å². The van der Waals surface area contributed by atoms with Gasteiger partial charge in [0.2, 0.25) is 0 Å². The van der Waals surface area contributed by atoms with Gasteiger partial charge < -0.3 is 4.74 Å². The molecular weight excluding hydrogens is 238 g/mol. The van der Waals surface area contributed by atoms with E-state index in [1.807, 2.05) is 26.0 Å². The van der Waals surface area contributed by atoms with E-state index >= 15 is 0 Å². The predicted molar refractivity (Wildman–Crippen MR) is 76.4 cm³/mol. The van der Waals surface area contributed by atoms with Crippen molar-refractivity contribution < 1.29 is 9.53 Å². The third-order valence-corrected chi connectivity index (χ3v) is 3.57. The Kier molecular flexibility index (Phi) is 3.84. The monoisotopic (exact) mass is 257 g/mol. The first-order valence-corrected chi connectivity index (χ1v) is 6.43. The number of ether oxygens (including phenoxy) is 1.